The minimum Gasteiger partial charge on any atom is -0.480 e. The molecule has 0 fully saturated rings. The SMILES string of the molecule is COc1nc(NC(C)CCC(C)C)ncc1Br. The Bertz CT molecular complexity index is 358. The van der Waals surface area contributed by atoms with Crippen molar-refractivity contribution >= 4 is 21.9 Å². The van der Waals surface area contributed by atoms with Crippen LogP contribution in [-0.4, -0.2) is 23.1 Å². The van der Waals surface area contributed by atoms with Crippen LogP contribution in [0.2, 0.25) is 0 Å². The van der Waals surface area contributed by atoms with Gasteiger partial charge in [0.05, 0.1) is 17.8 Å². The predicted molar refractivity (Wildman–Crippen MR) is 73.4 cm³/mol. The lowest BCUT2D eigenvalue weighted by Crippen LogP contribution is -2.17. The number of rotatable bonds is 6. The van der Waals surface area contributed by atoms with E-state index < -0.39 is 0 Å². The number of ether oxygens (including phenoxy) is 1. The molecule has 1 atom stereocenters. The highest BCUT2D eigenvalue weighted by Gasteiger charge is 2.08. The molecular formula is C12H20BrN3O. The fourth-order valence-corrected chi connectivity index (χ4v) is 1.79. The summed E-state index contributed by atoms with van der Waals surface area (Å²) in [5.74, 6) is 1.89. The van der Waals surface area contributed by atoms with Gasteiger partial charge in [0.2, 0.25) is 11.8 Å². The first-order chi connectivity index (χ1) is 8.02. The van der Waals surface area contributed by atoms with Crippen LogP contribution in [0.5, 0.6) is 5.88 Å². The van der Waals surface area contributed by atoms with Crippen LogP contribution in [0, 0.1) is 5.92 Å². The maximum absolute atomic E-state index is 5.13. The molecule has 1 unspecified atom stereocenters. The molecule has 0 saturated carbocycles. The van der Waals surface area contributed by atoms with Gasteiger partial charge in [-0.2, -0.15) is 4.98 Å². The van der Waals surface area contributed by atoms with Crippen molar-refractivity contribution in [3.05, 3.63) is 10.7 Å². The van der Waals surface area contributed by atoms with Gasteiger partial charge in [0.25, 0.3) is 0 Å². The molecule has 17 heavy (non-hydrogen) atoms. The van der Waals surface area contributed by atoms with Crippen molar-refractivity contribution in [1.82, 2.24) is 9.97 Å². The van der Waals surface area contributed by atoms with Crippen molar-refractivity contribution in [2.75, 3.05) is 12.4 Å². The topological polar surface area (TPSA) is 47.0 Å². The van der Waals surface area contributed by atoms with E-state index in [1.165, 1.54) is 6.42 Å². The fraction of sp³-hybridized carbons (Fsp3) is 0.667. The second-order valence-electron chi connectivity index (χ2n) is 4.57. The second-order valence-corrected chi connectivity index (χ2v) is 5.42. The zero-order chi connectivity index (χ0) is 12.8. The molecule has 0 saturated heterocycles. The summed E-state index contributed by atoms with van der Waals surface area (Å²) in [4.78, 5) is 8.47. The van der Waals surface area contributed by atoms with Crippen LogP contribution in [-0.2, 0) is 0 Å². The van der Waals surface area contributed by atoms with Crippen molar-refractivity contribution in [2.45, 2.75) is 39.7 Å². The van der Waals surface area contributed by atoms with E-state index in [1.54, 1.807) is 13.3 Å². The largest absolute Gasteiger partial charge is 0.480 e. The third-order valence-electron chi connectivity index (χ3n) is 2.46. The first-order valence-corrected chi connectivity index (χ1v) is 6.65. The van der Waals surface area contributed by atoms with Crippen LogP contribution in [0.3, 0.4) is 0 Å². The number of methoxy groups -OCH3 is 1. The number of hydrogen-bond donors (Lipinski definition) is 1. The van der Waals surface area contributed by atoms with E-state index in [1.807, 2.05) is 0 Å². The molecule has 1 rings (SSSR count). The Balaban J connectivity index is 2.56. The van der Waals surface area contributed by atoms with Gasteiger partial charge in [-0.3, -0.25) is 0 Å². The molecular weight excluding hydrogens is 282 g/mol. The quantitative estimate of drug-likeness (QED) is 0.874. The smallest absolute Gasteiger partial charge is 0.232 e. The Hall–Kier alpha value is -0.840. The lowest BCUT2D eigenvalue weighted by Gasteiger charge is -2.15. The zero-order valence-electron chi connectivity index (χ0n) is 10.8. The van der Waals surface area contributed by atoms with Gasteiger partial charge in [0, 0.05) is 6.04 Å². The molecule has 5 heteroatoms. The minimum absolute atomic E-state index is 0.364. The third-order valence-corrected chi connectivity index (χ3v) is 3.00. The molecule has 0 spiro atoms. The van der Waals surface area contributed by atoms with Crippen molar-refractivity contribution in [1.29, 1.82) is 0 Å². The number of halogens is 1. The van der Waals surface area contributed by atoms with E-state index >= 15 is 0 Å². The summed E-state index contributed by atoms with van der Waals surface area (Å²) in [5, 5.41) is 3.28. The molecule has 1 aromatic rings. The van der Waals surface area contributed by atoms with E-state index in [-0.39, 0.29) is 0 Å². The molecule has 0 aromatic carbocycles. The monoisotopic (exact) mass is 301 g/mol. The number of nitrogens with one attached hydrogen (secondary N) is 1. The molecule has 96 valence electrons. The summed E-state index contributed by atoms with van der Waals surface area (Å²) >= 11 is 3.33. The van der Waals surface area contributed by atoms with Gasteiger partial charge in [0.15, 0.2) is 0 Å². The summed E-state index contributed by atoms with van der Waals surface area (Å²) in [7, 11) is 1.60. The van der Waals surface area contributed by atoms with Gasteiger partial charge in [-0.1, -0.05) is 13.8 Å². The van der Waals surface area contributed by atoms with Crippen LogP contribution in [0.25, 0.3) is 0 Å². The molecule has 0 aliphatic carbocycles. The van der Waals surface area contributed by atoms with Crippen LogP contribution in [0.15, 0.2) is 10.7 Å². The van der Waals surface area contributed by atoms with Crippen LogP contribution in [0.4, 0.5) is 5.95 Å². The van der Waals surface area contributed by atoms with Crippen molar-refractivity contribution in [3.63, 3.8) is 0 Å². The lowest BCUT2D eigenvalue weighted by molar-refractivity contribution is 0.394. The van der Waals surface area contributed by atoms with E-state index in [0.29, 0.717) is 17.9 Å². The van der Waals surface area contributed by atoms with E-state index in [9.17, 15) is 0 Å². The van der Waals surface area contributed by atoms with Crippen LogP contribution in [0.1, 0.15) is 33.6 Å². The minimum atomic E-state index is 0.364. The molecule has 0 aliphatic rings. The Morgan fingerprint density at radius 2 is 2.06 bits per heavy atom. The van der Waals surface area contributed by atoms with Gasteiger partial charge >= 0.3 is 0 Å². The van der Waals surface area contributed by atoms with Gasteiger partial charge in [-0.05, 0) is 41.6 Å². The van der Waals surface area contributed by atoms with Crippen molar-refractivity contribution in [2.24, 2.45) is 5.92 Å². The summed E-state index contributed by atoms with van der Waals surface area (Å²) in [6.45, 7) is 6.60. The first kappa shape index (κ1) is 14.2. The first-order valence-electron chi connectivity index (χ1n) is 5.86. The van der Waals surface area contributed by atoms with E-state index in [4.69, 9.17) is 4.74 Å². The molecule has 4 nitrogen and oxygen atoms in total. The maximum Gasteiger partial charge on any atom is 0.232 e. The normalized spacial score (nSPS) is 12.6. The average molecular weight is 302 g/mol. The van der Waals surface area contributed by atoms with E-state index in [0.717, 1.165) is 16.8 Å². The number of hydrogen-bond acceptors (Lipinski definition) is 4. The standard InChI is InChI=1S/C12H20BrN3O/c1-8(2)5-6-9(3)15-12-14-7-10(13)11(16-12)17-4/h7-9H,5-6H2,1-4H3,(H,14,15,16). The summed E-state index contributed by atoms with van der Waals surface area (Å²) in [5.41, 5.74) is 0. The summed E-state index contributed by atoms with van der Waals surface area (Å²) in [6, 6.07) is 0.364. The number of nitrogens with zero attached hydrogens (tertiary/aromatic N) is 2. The molecule has 0 amide bonds. The highest BCUT2D eigenvalue weighted by Crippen LogP contribution is 2.22. The Labute approximate surface area is 111 Å². The van der Waals surface area contributed by atoms with Crippen molar-refractivity contribution < 1.29 is 4.74 Å². The van der Waals surface area contributed by atoms with Crippen LogP contribution < -0.4 is 10.1 Å². The number of aromatic nitrogens is 2. The summed E-state index contributed by atoms with van der Waals surface area (Å²) < 4.78 is 5.89. The average Bonchev–Trinajstić information content (AvgIpc) is 2.29. The molecule has 1 heterocycles. The Morgan fingerprint density at radius 3 is 2.65 bits per heavy atom. The molecule has 0 radical (unpaired) electrons. The van der Waals surface area contributed by atoms with E-state index in [2.05, 4.69) is 52.0 Å². The molecule has 1 aromatic heterocycles. The third kappa shape index (κ3) is 4.89. The maximum atomic E-state index is 5.13. The van der Waals surface area contributed by atoms with Crippen LogP contribution >= 0.6 is 15.9 Å². The highest BCUT2D eigenvalue weighted by atomic mass is 79.9. The second kappa shape index (κ2) is 6.79. The van der Waals surface area contributed by atoms with Crippen molar-refractivity contribution in [3.8, 4) is 5.88 Å². The summed E-state index contributed by atoms with van der Waals surface area (Å²) in [6.07, 6.45) is 4.00. The van der Waals surface area contributed by atoms with Gasteiger partial charge in [0.1, 0.15) is 0 Å². The zero-order valence-corrected chi connectivity index (χ0v) is 12.4. The molecule has 1 N–H and O–H groups in total. The highest BCUT2D eigenvalue weighted by molar-refractivity contribution is 9.10. The van der Waals surface area contributed by atoms with Gasteiger partial charge in [-0.25, -0.2) is 4.98 Å². The molecule has 0 bridgehead atoms. The predicted octanol–water partition coefficient (Wildman–Crippen LogP) is 3.48. The number of anilines is 1. The Morgan fingerprint density at radius 1 is 1.35 bits per heavy atom. The fourth-order valence-electron chi connectivity index (χ4n) is 1.44. The molecule has 0 aliphatic heterocycles. The Kier molecular flexibility index (Phi) is 5.68. The lowest BCUT2D eigenvalue weighted by atomic mass is 10.0. The van der Waals surface area contributed by atoms with Gasteiger partial charge in [-0.15, -0.1) is 0 Å². The van der Waals surface area contributed by atoms with Gasteiger partial charge < -0.3 is 10.1 Å².